The monoisotopic (exact) mass is 518 g/mol. The molecule has 4 amide bonds. The summed E-state index contributed by atoms with van der Waals surface area (Å²) in [5.74, 6) is -4.76. The molecule has 0 unspecified atom stereocenters. The molecule has 2 heterocycles. The normalized spacial score (nSPS) is 20.2. The van der Waals surface area contributed by atoms with E-state index in [0.717, 1.165) is 10.0 Å². The maximum absolute atomic E-state index is 13.4. The summed E-state index contributed by atoms with van der Waals surface area (Å²) in [5, 5.41) is 24.6. The Labute approximate surface area is 210 Å². The lowest BCUT2D eigenvalue weighted by Gasteiger charge is -2.43. The van der Waals surface area contributed by atoms with E-state index in [2.05, 4.69) is 10.6 Å². The Kier molecular flexibility index (Phi) is 8.77. The number of ether oxygens (including phenoxy) is 1. The van der Waals surface area contributed by atoms with Gasteiger partial charge in [0.25, 0.3) is 11.8 Å². The fourth-order valence-electron chi connectivity index (χ4n) is 4.10. The van der Waals surface area contributed by atoms with Gasteiger partial charge in [-0.25, -0.2) is 9.80 Å². The summed E-state index contributed by atoms with van der Waals surface area (Å²) >= 11 is 0. The fourth-order valence-corrected chi connectivity index (χ4v) is 4.10. The van der Waals surface area contributed by atoms with Gasteiger partial charge in [0, 0.05) is 18.5 Å². The van der Waals surface area contributed by atoms with Gasteiger partial charge in [-0.2, -0.15) is 0 Å². The standard InChI is InChI=1S/C23H26N4O10/c28-11-14(10-19(30)31)24-22(35)17-2-1-9-26-18(29)8-7-16(23(36)27(17)26)25-21(34)13-3-5-15(6-4-13)37-12-20(32)33/h3-6,11,14,16-17H,1-2,7-10,12H2,(H,24,35)(H,25,34)(H,30,31)(H,32,33)/t14-,16-,17-/m0/s1. The van der Waals surface area contributed by atoms with Crippen LogP contribution in [0.5, 0.6) is 5.75 Å². The van der Waals surface area contributed by atoms with E-state index in [1.54, 1.807) is 0 Å². The van der Waals surface area contributed by atoms with Gasteiger partial charge in [-0.05, 0) is 43.5 Å². The maximum atomic E-state index is 13.4. The van der Waals surface area contributed by atoms with Gasteiger partial charge in [-0.1, -0.05) is 0 Å². The Hall–Kier alpha value is -4.49. The van der Waals surface area contributed by atoms with Crippen molar-refractivity contribution in [2.24, 2.45) is 0 Å². The van der Waals surface area contributed by atoms with E-state index in [1.807, 2.05) is 0 Å². The van der Waals surface area contributed by atoms with Crippen molar-refractivity contribution in [1.29, 1.82) is 0 Å². The molecule has 3 atom stereocenters. The highest BCUT2D eigenvalue weighted by Crippen LogP contribution is 2.25. The van der Waals surface area contributed by atoms with Crippen LogP contribution in [0.2, 0.25) is 0 Å². The minimum absolute atomic E-state index is 0.0134. The Balaban J connectivity index is 1.75. The molecule has 3 rings (SSSR count). The van der Waals surface area contributed by atoms with Crippen LogP contribution in [-0.4, -0.2) is 93.4 Å². The Bertz CT molecular complexity index is 1090. The molecule has 1 aromatic carbocycles. The minimum Gasteiger partial charge on any atom is -0.482 e. The third-order valence-corrected chi connectivity index (χ3v) is 5.83. The third kappa shape index (κ3) is 6.80. The van der Waals surface area contributed by atoms with E-state index in [-0.39, 0.29) is 43.4 Å². The number of hydrogen-bond acceptors (Lipinski definition) is 8. The summed E-state index contributed by atoms with van der Waals surface area (Å²) in [6.07, 6.45) is 0.116. The lowest BCUT2D eigenvalue weighted by molar-refractivity contribution is -0.176. The van der Waals surface area contributed by atoms with E-state index >= 15 is 0 Å². The van der Waals surface area contributed by atoms with Gasteiger partial charge in [0.15, 0.2) is 6.61 Å². The Morgan fingerprint density at radius 2 is 1.78 bits per heavy atom. The second-order valence-corrected chi connectivity index (χ2v) is 8.48. The van der Waals surface area contributed by atoms with Gasteiger partial charge in [-0.15, -0.1) is 0 Å². The van der Waals surface area contributed by atoms with Gasteiger partial charge in [0.2, 0.25) is 11.8 Å². The van der Waals surface area contributed by atoms with Crippen molar-refractivity contribution in [3.8, 4) is 5.75 Å². The molecule has 2 saturated heterocycles. The van der Waals surface area contributed by atoms with Crippen molar-refractivity contribution >= 4 is 41.9 Å². The van der Waals surface area contributed by atoms with Crippen LogP contribution in [0.25, 0.3) is 0 Å². The van der Waals surface area contributed by atoms with Crippen LogP contribution in [0.1, 0.15) is 42.5 Å². The summed E-state index contributed by atoms with van der Waals surface area (Å²) in [5.41, 5.74) is 0.151. The lowest BCUT2D eigenvalue weighted by atomic mass is 10.0. The number of carboxylic acid groups (broad SMARTS) is 2. The number of carbonyl (C=O) groups excluding carboxylic acids is 5. The summed E-state index contributed by atoms with van der Waals surface area (Å²) in [4.78, 5) is 84.6. The lowest BCUT2D eigenvalue weighted by Crippen LogP contribution is -2.64. The molecule has 37 heavy (non-hydrogen) atoms. The largest absolute Gasteiger partial charge is 0.482 e. The molecule has 1 aromatic rings. The van der Waals surface area contributed by atoms with Crippen LogP contribution in [0, 0.1) is 0 Å². The molecule has 0 saturated carbocycles. The Morgan fingerprint density at radius 3 is 2.41 bits per heavy atom. The molecule has 2 fully saturated rings. The Morgan fingerprint density at radius 1 is 1.08 bits per heavy atom. The van der Waals surface area contributed by atoms with Crippen molar-refractivity contribution in [3.63, 3.8) is 0 Å². The van der Waals surface area contributed by atoms with Gasteiger partial charge >= 0.3 is 11.9 Å². The van der Waals surface area contributed by atoms with Gasteiger partial charge < -0.3 is 30.4 Å². The molecule has 4 N–H and O–H groups in total. The van der Waals surface area contributed by atoms with Crippen molar-refractivity contribution in [2.75, 3.05) is 13.2 Å². The number of nitrogens with zero attached hydrogens (tertiary/aromatic N) is 2. The maximum Gasteiger partial charge on any atom is 0.341 e. The second-order valence-electron chi connectivity index (χ2n) is 8.48. The number of benzene rings is 1. The summed E-state index contributed by atoms with van der Waals surface area (Å²) < 4.78 is 5.02. The van der Waals surface area contributed by atoms with Crippen LogP contribution in [-0.2, 0) is 28.8 Å². The minimum atomic E-state index is -1.31. The van der Waals surface area contributed by atoms with E-state index in [4.69, 9.17) is 14.9 Å². The molecule has 0 radical (unpaired) electrons. The van der Waals surface area contributed by atoms with Crippen molar-refractivity contribution in [2.45, 2.75) is 50.2 Å². The molecule has 0 aromatic heterocycles. The first-order chi connectivity index (χ1) is 17.6. The van der Waals surface area contributed by atoms with Crippen molar-refractivity contribution in [1.82, 2.24) is 20.7 Å². The average Bonchev–Trinajstić information content (AvgIpc) is 2.99. The van der Waals surface area contributed by atoms with Gasteiger partial charge in [0.05, 0.1) is 12.5 Å². The topological polar surface area (TPSA) is 200 Å². The van der Waals surface area contributed by atoms with Crippen LogP contribution < -0.4 is 15.4 Å². The number of aliphatic carboxylic acids is 2. The highest BCUT2D eigenvalue weighted by Gasteiger charge is 2.45. The molecule has 0 bridgehead atoms. The first kappa shape index (κ1) is 27.1. The quantitative estimate of drug-likeness (QED) is 0.277. The SMILES string of the molecule is O=C[C@H](CC(=O)O)NC(=O)[C@@H]1CCCN2C(=O)CC[C@H](NC(=O)c3ccc(OCC(=O)O)cc3)C(=O)N12. The number of nitrogens with one attached hydrogen (secondary N) is 2. The zero-order chi connectivity index (χ0) is 27.1. The molecule has 0 spiro atoms. The predicted octanol–water partition coefficient (Wildman–Crippen LogP) is -1.06. The highest BCUT2D eigenvalue weighted by molar-refractivity contribution is 6.00. The van der Waals surface area contributed by atoms with Crippen molar-refractivity contribution < 1.29 is 48.5 Å². The van der Waals surface area contributed by atoms with E-state index in [9.17, 15) is 33.6 Å². The van der Waals surface area contributed by atoms with Crippen LogP contribution in [0.15, 0.2) is 24.3 Å². The zero-order valence-corrected chi connectivity index (χ0v) is 19.6. The smallest absolute Gasteiger partial charge is 0.341 e. The summed E-state index contributed by atoms with van der Waals surface area (Å²) in [6.45, 7) is -0.375. The van der Waals surface area contributed by atoms with Crippen LogP contribution in [0.4, 0.5) is 0 Å². The van der Waals surface area contributed by atoms with Crippen molar-refractivity contribution in [3.05, 3.63) is 29.8 Å². The number of rotatable bonds is 10. The summed E-state index contributed by atoms with van der Waals surface area (Å²) in [6, 6.07) is 1.92. The number of carboxylic acids is 2. The first-order valence-corrected chi connectivity index (χ1v) is 11.5. The first-order valence-electron chi connectivity index (χ1n) is 11.5. The highest BCUT2D eigenvalue weighted by atomic mass is 16.5. The predicted molar refractivity (Wildman–Crippen MR) is 122 cm³/mol. The number of hydrogen-bond donors (Lipinski definition) is 4. The third-order valence-electron chi connectivity index (χ3n) is 5.83. The number of fused-ring (bicyclic) bond motifs is 1. The molecule has 0 aliphatic carbocycles. The fraction of sp³-hybridized carbons (Fsp3) is 0.435. The van der Waals surface area contributed by atoms with E-state index in [0.29, 0.717) is 6.42 Å². The molecule has 198 valence electrons. The van der Waals surface area contributed by atoms with Crippen LogP contribution in [0.3, 0.4) is 0 Å². The number of amides is 4. The molecular formula is C23H26N4O10. The summed E-state index contributed by atoms with van der Waals surface area (Å²) in [7, 11) is 0. The average molecular weight is 518 g/mol. The number of hydrazine groups is 1. The van der Waals surface area contributed by atoms with Gasteiger partial charge in [-0.3, -0.25) is 29.0 Å². The molecule has 14 nitrogen and oxygen atoms in total. The molecule has 2 aliphatic heterocycles. The molecule has 14 heteroatoms. The number of carbonyl (C=O) groups is 7. The second kappa shape index (κ2) is 12.0. The van der Waals surface area contributed by atoms with E-state index in [1.165, 1.54) is 24.3 Å². The zero-order valence-electron chi connectivity index (χ0n) is 19.6. The van der Waals surface area contributed by atoms with Gasteiger partial charge in [0.1, 0.15) is 24.1 Å². The number of aldehydes is 1. The molecular weight excluding hydrogens is 492 g/mol. The molecule has 2 aliphatic rings. The van der Waals surface area contributed by atoms with Crippen LogP contribution >= 0.6 is 0 Å². The van der Waals surface area contributed by atoms with E-state index < -0.39 is 66.7 Å².